The first-order valence-corrected chi connectivity index (χ1v) is 18.7. The summed E-state index contributed by atoms with van der Waals surface area (Å²) >= 11 is 0. The van der Waals surface area contributed by atoms with E-state index in [1.165, 1.54) is 0 Å². The van der Waals surface area contributed by atoms with Crippen LogP contribution in [0.3, 0.4) is 0 Å². The Morgan fingerprint density at radius 1 is 0.469 bits per heavy atom. The van der Waals surface area contributed by atoms with Crippen molar-refractivity contribution in [1.29, 1.82) is 0 Å². The monoisotopic (exact) mass is 707 g/mol. The van der Waals surface area contributed by atoms with Gasteiger partial charge in [0.1, 0.15) is 18.3 Å². The summed E-state index contributed by atoms with van der Waals surface area (Å²) in [5, 5.41) is 27.0. The highest BCUT2D eigenvalue weighted by molar-refractivity contribution is 5.73. The molecule has 0 saturated heterocycles. The fourth-order valence-corrected chi connectivity index (χ4v) is 5.19. The smallest absolute Gasteiger partial charge is 0.309 e. The van der Waals surface area contributed by atoms with Gasteiger partial charge in [-0.3, -0.25) is 14.4 Å². The van der Waals surface area contributed by atoms with Crippen LogP contribution in [0.5, 0.6) is 0 Å². The van der Waals surface area contributed by atoms with Gasteiger partial charge in [0.15, 0.2) is 0 Å². The Morgan fingerprint density at radius 2 is 0.796 bits per heavy atom. The minimum Gasteiger partial charge on any atom is -0.460 e. The van der Waals surface area contributed by atoms with Crippen molar-refractivity contribution in [3.05, 3.63) is 0 Å². The number of hydrogen-bond donors (Lipinski definition) is 3. The van der Waals surface area contributed by atoms with Crippen LogP contribution in [-0.2, 0) is 28.6 Å². The lowest BCUT2D eigenvalue weighted by atomic mass is 9.86. The van der Waals surface area contributed by atoms with E-state index in [9.17, 15) is 14.4 Å². The third-order valence-corrected chi connectivity index (χ3v) is 8.53. The highest BCUT2D eigenvalue weighted by Crippen LogP contribution is 2.24. The van der Waals surface area contributed by atoms with Crippen LogP contribution in [0.1, 0.15) is 150 Å². The Hall–Kier alpha value is -1.71. The van der Waals surface area contributed by atoms with Gasteiger partial charge in [-0.2, -0.15) is 0 Å². The Bertz CT molecular complexity index is 788. The van der Waals surface area contributed by atoms with E-state index in [1.54, 1.807) is 0 Å². The summed E-state index contributed by atoms with van der Waals surface area (Å²) < 4.78 is 15.8. The summed E-state index contributed by atoms with van der Waals surface area (Å²) in [5.74, 6) is 1.53. The van der Waals surface area contributed by atoms with Crippen LogP contribution in [0.4, 0.5) is 0 Å². The van der Waals surface area contributed by atoms with Gasteiger partial charge in [-0.15, -0.1) is 0 Å². The van der Waals surface area contributed by atoms with Gasteiger partial charge in [-0.25, -0.2) is 0 Å². The number of carbonyl (C=O) groups excluding carboxylic acids is 3. The van der Waals surface area contributed by atoms with Gasteiger partial charge in [0.2, 0.25) is 0 Å². The third kappa shape index (κ3) is 25.8. The standard InChI is InChI=1S/C14H28O3.C13H26O3.C12H24O3.CH4/c1-6-12(9-15)17-14(16)13(11(4)5)8-7-10(2)3;1-6-11(8-14)16-13(15)12(10(4)5)7-9(2)3;1-6-10(7-13)15-12(14)11(8(2)3)9(4)5;/h10-13,15H,6-9H2,1-5H3;9-12,14H,6-8H2,1-5H3;8-11,13H,6-7H2,1-5H3;1H4. The van der Waals surface area contributed by atoms with Crippen LogP contribution >= 0.6 is 0 Å². The van der Waals surface area contributed by atoms with Gasteiger partial charge < -0.3 is 29.5 Å². The van der Waals surface area contributed by atoms with Gasteiger partial charge >= 0.3 is 17.9 Å². The second-order valence-electron chi connectivity index (χ2n) is 15.3. The maximum Gasteiger partial charge on any atom is 0.309 e. The van der Waals surface area contributed by atoms with Crippen LogP contribution in [0.2, 0.25) is 0 Å². The largest absolute Gasteiger partial charge is 0.460 e. The topological polar surface area (TPSA) is 140 Å². The van der Waals surface area contributed by atoms with E-state index in [4.69, 9.17) is 29.5 Å². The van der Waals surface area contributed by atoms with Crippen LogP contribution in [0, 0.1) is 53.3 Å². The molecule has 3 N–H and O–H groups in total. The molecule has 296 valence electrons. The number of carbonyl (C=O) groups is 3. The predicted octanol–water partition coefficient (Wildman–Crippen LogP) is 8.49. The van der Waals surface area contributed by atoms with Crippen molar-refractivity contribution in [2.45, 2.75) is 168 Å². The lowest BCUT2D eigenvalue weighted by Crippen LogP contribution is -2.32. The molecule has 0 rings (SSSR count). The lowest BCUT2D eigenvalue weighted by molar-refractivity contribution is -0.160. The summed E-state index contributed by atoms with van der Waals surface area (Å²) in [4.78, 5) is 35.7. The first-order valence-electron chi connectivity index (χ1n) is 18.7. The number of aliphatic hydroxyl groups excluding tert-OH is 3. The van der Waals surface area contributed by atoms with E-state index in [0.29, 0.717) is 31.1 Å². The predicted molar refractivity (Wildman–Crippen MR) is 202 cm³/mol. The van der Waals surface area contributed by atoms with E-state index in [1.807, 2.05) is 76.2 Å². The summed E-state index contributed by atoms with van der Waals surface area (Å²) in [5.41, 5.74) is 0. The van der Waals surface area contributed by atoms with E-state index in [-0.39, 0.29) is 105 Å². The van der Waals surface area contributed by atoms with Gasteiger partial charge in [0.05, 0.1) is 37.6 Å². The van der Waals surface area contributed by atoms with Gasteiger partial charge in [0, 0.05) is 0 Å². The van der Waals surface area contributed by atoms with Gasteiger partial charge in [0.25, 0.3) is 0 Å². The minimum absolute atomic E-state index is 0. The first-order chi connectivity index (χ1) is 22.3. The molecule has 0 fully saturated rings. The summed E-state index contributed by atoms with van der Waals surface area (Å²) in [6, 6.07) is 0. The van der Waals surface area contributed by atoms with E-state index in [2.05, 4.69) is 27.7 Å². The van der Waals surface area contributed by atoms with Crippen LogP contribution < -0.4 is 0 Å². The Morgan fingerprint density at radius 3 is 1.04 bits per heavy atom. The van der Waals surface area contributed by atoms with Crippen LogP contribution in [0.25, 0.3) is 0 Å². The number of aliphatic hydroxyl groups is 3. The molecule has 0 saturated carbocycles. The molecule has 0 radical (unpaired) electrons. The van der Waals surface area contributed by atoms with Crippen molar-refractivity contribution in [1.82, 2.24) is 0 Å². The summed E-state index contributed by atoms with van der Waals surface area (Å²) in [6.07, 6.45) is 3.69. The van der Waals surface area contributed by atoms with Gasteiger partial charge in [-0.05, 0) is 67.6 Å². The molecule has 0 amide bonds. The number of ether oxygens (including phenoxy) is 3. The fourth-order valence-electron chi connectivity index (χ4n) is 5.19. The van der Waals surface area contributed by atoms with Gasteiger partial charge in [-0.1, -0.05) is 118 Å². The Kier molecular flexibility index (Phi) is 34.3. The average Bonchev–Trinajstić information content (AvgIpc) is 2.99. The molecule has 0 aromatic carbocycles. The average molecular weight is 707 g/mol. The van der Waals surface area contributed by atoms with Crippen molar-refractivity contribution >= 4 is 17.9 Å². The van der Waals surface area contributed by atoms with E-state index >= 15 is 0 Å². The zero-order chi connectivity index (χ0) is 38.1. The minimum atomic E-state index is -0.350. The summed E-state index contributed by atoms with van der Waals surface area (Å²) in [7, 11) is 0. The zero-order valence-electron chi connectivity index (χ0n) is 33.6. The molecule has 0 aliphatic heterocycles. The molecule has 0 aliphatic rings. The molecule has 0 spiro atoms. The van der Waals surface area contributed by atoms with Crippen molar-refractivity contribution in [3.63, 3.8) is 0 Å². The Labute approximate surface area is 302 Å². The molecule has 0 heterocycles. The number of hydrogen-bond acceptors (Lipinski definition) is 9. The van der Waals surface area contributed by atoms with E-state index < -0.39 is 0 Å². The molecule has 9 nitrogen and oxygen atoms in total. The maximum atomic E-state index is 12.0. The lowest BCUT2D eigenvalue weighted by Gasteiger charge is -2.25. The second kappa shape index (κ2) is 31.1. The molecule has 0 aromatic heterocycles. The van der Waals surface area contributed by atoms with Crippen molar-refractivity contribution in [3.8, 4) is 0 Å². The third-order valence-electron chi connectivity index (χ3n) is 8.53. The molecule has 9 heteroatoms. The number of rotatable bonds is 21. The highest BCUT2D eigenvalue weighted by atomic mass is 16.6. The fraction of sp³-hybridized carbons (Fsp3) is 0.925. The molecule has 0 aromatic rings. The molecule has 5 unspecified atom stereocenters. The van der Waals surface area contributed by atoms with Crippen LogP contribution in [-0.4, -0.2) is 71.4 Å². The van der Waals surface area contributed by atoms with E-state index in [0.717, 1.165) is 19.3 Å². The molecule has 0 bridgehead atoms. The number of esters is 3. The van der Waals surface area contributed by atoms with Crippen molar-refractivity contribution < 1.29 is 43.9 Å². The Balaban J connectivity index is -0.000000307. The SMILES string of the molecule is C.CCC(CO)OC(=O)C(C(C)C)C(C)C.CCC(CO)OC(=O)C(CC(C)C)C(C)C.CCC(CO)OC(=O)C(CCC(C)C)C(C)C. The van der Waals surface area contributed by atoms with Crippen molar-refractivity contribution in [2.75, 3.05) is 19.8 Å². The molecule has 49 heavy (non-hydrogen) atoms. The van der Waals surface area contributed by atoms with Crippen LogP contribution in [0.15, 0.2) is 0 Å². The molecular formula is C40H82O9. The first kappa shape index (κ1) is 54.1. The summed E-state index contributed by atoms with van der Waals surface area (Å²) in [6.45, 7) is 30.2. The van der Waals surface area contributed by atoms with Crippen molar-refractivity contribution in [2.24, 2.45) is 53.3 Å². The zero-order valence-corrected chi connectivity index (χ0v) is 33.6. The maximum absolute atomic E-state index is 12.0. The normalized spacial score (nSPS) is 14.4. The highest BCUT2D eigenvalue weighted by Gasteiger charge is 2.29. The molecule has 0 aliphatic carbocycles. The quantitative estimate of drug-likeness (QED) is 0.0792. The molecule has 5 atom stereocenters. The molecular weight excluding hydrogens is 624 g/mol. The second-order valence-corrected chi connectivity index (χ2v) is 15.3.